The maximum Gasteiger partial charge on any atom is 0.252 e. The molecule has 0 bridgehead atoms. The first-order chi connectivity index (χ1) is 12.1. The fraction of sp³-hybridized carbons (Fsp3) is 0.333. The Morgan fingerprint density at radius 1 is 1.28 bits per heavy atom. The van der Waals surface area contributed by atoms with Crippen LogP contribution < -0.4 is 10.6 Å². The van der Waals surface area contributed by atoms with E-state index in [0.29, 0.717) is 36.5 Å². The molecule has 1 aromatic heterocycles. The number of benzene rings is 1. The summed E-state index contributed by atoms with van der Waals surface area (Å²) in [6, 6.07) is 7.06. The Labute approximate surface area is 144 Å². The van der Waals surface area contributed by atoms with Gasteiger partial charge in [0.05, 0.1) is 11.6 Å². The summed E-state index contributed by atoms with van der Waals surface area (Å²) in [4.78, 5) is 16.0. The van der Waals surface area contributed by atoms with Crippen LogP contribution in [0.25, 0.3) is 0 Å². The molecule has 1 amide bonds. The highest BCUT2D eigenvalue weighted by molar-refractivity contribution is 5.93. The van der Waals surface area contributed by atoms with Gasteiger partial charge in [-0.25, -0.2) is 13.8 Å². The van der Waals surface area contributed by atoms with Crippen molar-refractivity contribution in [1.82, 2.24) is 10.3 Å². The van der Waals surface area contributed by atoms with Crippen molar-refractivity contribution >= 4 is 11.7 Å². The van der Waals surface area contributed by atoms with Crippen LogP contribution in [0.5, 0.6) is 0 Å². The molecule has 0 radical (unpaired) electrons. The highest BCUT2D eigenvalue weighted by atomic mass is 19.2. The molecule has 7 heteroatoms. The number of hydrogen-bond acceptors (Lipinski definition) is 4. The van der Waals surface area contributed by atoms with Crippen molar-refractivity contribution < 1.29 is 18.3 Å². The molecular weight excluding hydrogens is 328 g/mol. The van der Waals surface area contributed by atoms with E-state index in [1.807, 2.05) is 6.92 Å². The summed E-state index contributed by atoms with van der Waals surface area (Å²) in [5, 5.41) is 5.94. The van der Waals surface area contributed by atoms with Crippen LogP contribution in [0.15, 0.2) is 36.5 Å². The average Bonchev–Trinajstić information content (AvgIpc) is 3.06. The number of carbonyl (C=O) groups is 1. The first-order valence-electron chi connectivity index (χ1n) is 8.16. The summed E-state index contributed by atoms with van der Waals surface area (Å²) in [5.41, 5.74) is 1.06. The van der Waals surface area contributed by atoms with E-state index in [9.17, 15) is 13.6 Å². The van der Waals surface area contributed by atoms with Gasteiger partial charge in [-0.2, -0.15) is 0 Å². The lowest BCUT2D eigenvalue weighted by Gasteiger charge is -2.21. The molecule has 0 spiro atoms. The van der Waals surface area contributed by atoms with Crippen LogP contribution in [0.4, 0.5) is 14.6 Å². The number of pyridine rings is 1. The fourth-order valence-electron chi connectivity index (χ4n) is 2.82. The number of ether oxygens (including phenoxy) is 1. The Morgan fingerprint density at radius 3 is 2.80 bits per heavy atom. The number of hydrogen-bond donors (Lipinski definition) is 2. The molecule has 1 saturated heterocycles. The zero-order valence-electron chi connectivity index (χ0n) is 13.8. The zero-order chi connectivity index (χ0) is 17.8. The van der Waals surface area contributed by atoms with Crippen LogP contribution in [-0.2, 0) is 4.74 Å². The maximum atomic E-state index is 13.5. The number of halogens is 2. The molecule has 1 aliphatic heterocycles. The first kappa shape index (κ1) is 17.3. The minimum atomic E-state index is -0.892. The summed E-state index contributed by atoms with van der Waals surface area (Å²) in [6.45, 7) is 2.91. The summed E-state index contributed by atoms with van der Waals surface area (Å²) >= 11 is 0. The van der Waals surface area contributed by atoms with Gasteiger partial charge in [-0.15, -0.1) is 0 Å². The second-order valence-corrected chi connectivity index (χ2v) is 5.80. The van der Waals surface area contributed by atoms with E-state index in [0.717, 1.165) is 12.1 Å². The van der Waals surface area contributed by atoms with Crippen LogP contribution in [0.3, 0.4) is 0 Å². The van der Waals surface area contributed by atoms with E-state index >= 15 is 0 Å². The highest BCUT2D eigenvalue weighted by Gasteiger charge is 2.30. The van der Waals surface area contributed by atoms with Gasteiger partial charge in [0.1, 0.15) is 11.9 Å². The molecular formula is C18H19F2N3O2. The van der Waals surface area contributed by atoms with Crippen molar-refractivity contribution in [1.29, 1.82) is 0 Å². The Hall–Kier alpha value is -2.54. The Balaban J connectivity index is 1.71. The van der Waals surface area contributed by atoms with Gasteiger partial charge >= 0.3 is 0 Å². The van der Waals surface area contributed by atoms with Gasteiger partial charge in [-0.1, -0.05) is 6.07 Å². The Morgan fingerprint density at radius 2 is 2.12 bits per heavy atom. The van der Waals surface area contributed by atoms with Gasteiger partial charge in [-0.05, 0) is 43.2 Å². The van der Waals surface area contributed by atoms with Crippen LogP contribution in [0.1, 0.15) is 35.4 Å². The Kier molecular flexibility index (Phi) is 5.23. The summed E-state index contributed by atoms with van der Waals surface area (Å²) in [6.07, 6.45) is 1.82. The molecule has 2 unspecified atom stereocenters. The average molecular weight is 347 g/mol. The topological polar surface area (TPSA) is 63.2 Å². The number of anilines is 1. The molecule has 2 atom stereocenters. The first-order valence-corrected chi connectivity index (χ1v) is 8.16. The lowest BCUT2D eigenvalue weighted by molar-refractivity contribution is 0.0955. The lowest BCUT2D eigenvalue weighted by atomic mass is 10.0. The molecule has 25 heavy (non-hydrogen) atoms. The van der Waals surface area contributed by atoms with Gasteiger partial charge < -0.3 is 15.4 Å². The summed E-state index contributed by atoms with van der Waals surface area (Å²) in [7, 11) is 0. The third kappa shape index (κ3) is 3.93. The van der Waals surface area contributed by atoms with Gasteiger partial charge in [-0.3, -0.25) is 4.79 Å². The third-order valence-corrected chi connectivity index (χ3v) is 4.06. The van der Waals surface area contributed by atoms with E-state index < -0.39 is 11.6 Å². The number of nitrogens with one attached hydrogen (secondary N) is 2. The SMILES string of the molecule is CCNC(=O)c1ccc(NC2CCOC2c2ccc(F)c(F)c2)nc1. The normalized spacial score (nSPS) is 19.6. The number of nitrogens with zero attached hydrogens (tertiary/aromatic N) is 1. The number of amides is 1. The second kappa shape index (κ2) is 7.57. The molecule has 1 aromatic carbocycles. The van der Waals surface area contributed by atoms with E-state index in [4.69, 9.17) is 4.74 Å². The van der Waals surface area contributed by atoms with Crippen LogP contribution in [0.2, 0.25) is 0 Å². The highest BCUT2D eigenvalue weighted by Crippen LogP contribution is 2.31. The monoisotopic (exact) mass is 347 g/mol. The second-order valence-electron chi connectivity index (χ2n) is 5.80. The number of aromatic nitrogens is 1. The van der Waals surface area contributed by atoms with Gasteiger partial charge in [0.15, 0.2) is 11.6 Å². The van der Waals surface area contributed by atoms with E-state index in [1.54, 1.807) is 12.1 Å². The lowest BCUT2D eigenvalue weighted by Crippen LogP contribution is -2.25. The largest absolute Gasteiger partial charge is 0.371 e. The maximum absolute atomic E-state index is 13.5. The van der Waals surface area contributed by atoms with Crippen LogP contribution in [-0.4, -0.2) is 30.1 Å². The molecule has 1 aliphatic rings. The third-order valence-electron chi connectivity index (χ3n) is 4.06. The molecule has 132 valence electrons. The van der Waals surface area contributed by atoms with Crippen molar-refractivity contribution in [3.05, 3.63) is 59.3 Å². The predicted molar refractivity (Wildman–Crippen MR) is 89.3 cm³/mol. The van der Waals surface area contributed by atoms with Crippen molar-refractivity contribution in [3.8, 4) is 0 Å². The van der Waals surface area contributed by atoms with Gasteiger partial charge in [0, 0.05) is 19.3 Å². The van der Waals surface area contributed by atoms with Crippen molar-refractivity contribution in [2.75, 3.05) is 18.5 Å². The summed E-state index contributed by atoms with van der Waals surface area (Å²) in [5.74, 6) is -1.36. The van der Waals surface area contributed by atoms with E-state index in [-0.39, 0.29) is 18.1 Å². The zero-order valence-corrected chi connectivity index (χ0v) is 13.8. The minimum Gasteiger partial charge on any atom is -0.371 e. The smallest absolute Gasteiger partial charge is 0.252 e. The number of rotatable bonds is 5. The molecule has 0 aliphatic carbocycles. The van der Waals surface area contributed by atoms with E-state index in [2.05, 4.69) is 15.6 Å². The van der Waals surface area contributed by atoms with Crippen LogP contribution >= 0.6 is 0 Å². The van der Waals surface area contributed by atoms with Crippen LogP contribution in [0, 0.1) is 11.6 Å². The van der Waals surface area contributed by atoms with Crippen molar-refractivity contribution in [3.63, 3.8) is 0 Å². The molecule has 2 aromatic rings. The quantitative estimate of drug-likeness (QED) is 0.873. The molecule has 2 N–H and O–H groups in total. The van der Waals surface area contributed by atoms with Crippen molar-refractivity contribution in [2.45, 2.75) is 25.5 Å². The minimum absolute atomic E-state index is 0.118. The Bertz CT molecular complexity index is 752. The molecule has 2 heterocycles. The molecule has 5 nitrogen and oxygen atoms in total. The number of carbonyl (C=O) groups excluding carboxylic acids is 1. The predicted octanol–water partition coefficient (Wildman–Crippen LogP) is 3.05. The van der Waals surface area contributed by atoms with E-state index in [1.165, 1.54) is 12.3 Å². The van der Waals surface area contributed by atoms with Gasteiger partial charge in [0.25, 0.3) is 5.91 Å². The molecule has 3 rings (SSSR count). The van der Waals surface area contributed by atoms with Gasteiger partial charge in [0.2, 0.25) is 0 Å². The fourth-order valence-corrected chi connectivity index (χ4v) is 2.82. The standard InChI is InChI=1S/C18H19F2N3O2/c1-2-21-18(24)12-4-6-16(22-10-12)23-15-7-8-25-17(15)11-3-5-13(19)14(20)9-11/h3-6,9-10,15,17H,2,7-8H2,1H3,(H,21,24)(H,22,23). The van der Waals surface area contributed by atoms with Crippen molar-refractivity contribution in [2.24, 2.45) is 0 Å². The summed E-state index contributed by atoms with van der Waals surface area (Å²) < 4.78 is 32.3. The molecule has 1 fully saturated rings. The molecule has 0 saturated carbocycles.